The Hall–Kier alpha value is -3.22. The van der Waals surface area contributed by atoms with E-state index in [0.29, 0.717) is 0 Å². The van der Waals surface area contributed by atoms with Gasteiger partial charge in [-0.3, -0.25) is 0 Å². The second-order valence-electron chi connectivity index (χ2n) is 7.33. The zero-order valence-corrected chi connectivity index (χ0v) is 17.6. The molecular formula is C24H23N5S. The molecule has 150 valence electrons. The Kier molecular flexibility index (Phi) is 5.17. The summed E-state index contributed by atoms with van der Waals surface area (Å²) in [5, 5.41) is 8.09. The number of thiophene rings is 1. The molecule has 0 saturated carbocycles. The standard InChI is InChI=1S/C24H23N5S/c1-2-10-25-14-16-3-5-17(6-4-16)22-13-21-23(30-22)24(28-15-27-21)29-19-7-8-20-18(12-19)9-11-26-20/h3-9,11-13,15,25-26H,2,10,14H2,1H3,(H,27,28,29). The predicted octanol–water partition coefficient (Wildman–Crippen LogP) is 6.08. The SMILES string of the molecule is CCCNCc1ccc(-c2cc3ncnc(Nc4ccc5[nH]ccc5c4)c3s2)cc1. The van der Waals surface area contributed by atoms with Gasteiger partial charge < -0.3 is 15.6 Å². The van der Waals surface area contributed by atoms with Gasteiger partial charge in [-0.05, 0) is 54.4 Å². The van der Waals surface area contributed by atoms with E-state index in [9.17, 15) is 0 Å². The lowest BCUT2D eigenvalue weighted by Gasteiger charge is -2.06. The Labute approximate surface area is 179 Å². The first-order chi connectivity index (χ1) is 14.8. The molecule has 0 aliphatic carbocycles. The lowest BCUT2D eigenvalue weighted by molar-refractivity contribution is 0.675. The van der Waals surface area contributed by atoms with Crippen LogP contribution in [0.5, 0.6) is 0 Å². The molecule has 0 atom stereocenters. The zero-order chi connectivity index (χ0) is 20.3. The van der Waals surface area contributed by atoms with Crippen LogP contribution in [0.4, 0.5) is 11.5 Å². The van der Waals surface area contributed by atoms with Crippen LogP contribution in [0.1, 0.15) is 18.9 Å². The molecule has 2 aromatic carbocycles. The van der Waals surface area contributed by atoms with Gasteiger partial charge in [0.15, 0.2) is 5.82 Å². The van der Waals surface area contributed by atoms with Gasteiger partial charge in [-0.1, -0.05) is 31.2 Å². The third-order valence-corrected chi connectivity index (χ3v) is 6.30. The molecule has 3 heterocycles. The van der Waals surface area contributed by atoms with Crippen molar-refractivity contribution in [1.82, 2.24) is 20.3 Å². The monoisotopic (exact) mass is 413 g/mol. The number of H-pyrrole nitrogens is 1. The van der Waals surface area contributed by atoms with Gasteiger partial charge in [0.1, 0.15) is 6.33 Å². The molecule has 5 aromatic rings. The van der Waals surface area contributed by atoms with Gasteiger partial charge in [0.2, 0.25) is 0 Å². The van der Waals surface area contributed by atoms with Crippen molar-refractivity contribution in [3.63, 3.8) is 0 Å². The van der Waals surface area contributed by atoms with E-state index in [1.165, 1.54) is 21.4 Å². The molecule has 3 N–H and O–H groups in total. The van der Waals surface area contributed by atoms with Crippen molar-refractivity contribution in [2.24, 2.45) is 0 Å². The number of benzene rings is 2. The van der Waals surface area contributed by atoms with E-state index in [0.717, 1.165) is 46.7 Å². The van der Waals surface area contributed by atoms with Crippen LogP contribution in [0.25, 0.3) is 31.6 Å². The van der Waals surface area contributed by atoms with Crippen molar-refractivity contribution in [1.29, 1.82) is 0 Å². The maximum absolute atomic E-state index is 4.50. The minimum atomic E-state index is 0.839. The van der Waals surface area contributed by atoms with E-state index in [-0.39, 0.29) is 0 Å². The molecule has 5 nitrogen and oxygen atoms in total. The smallest absolute Gasteiger partial charge is 0.151 e. The normalized spacial score (nSPS) is 11.4. The molecule has 0 fully saturated rings. The average molecular weight is 414 g/mol. The summed E-state index contributed by atoms with van der Waals surface area (Å²) >= 11 is 1.72. The van der Waals surface area contributed by atoms with Gasteiger partial charge in [-0.15, -0.1) is 11.3 Å². The van der Waals surface area contributed by atoms with Gasteiger partial charge in [-0.25, -0.2) is 9.97 Å². The van der Waals surface area contributed by atoms with Crippen molar-refractivity contribution in [2.75, 3.05) is 11.9 Å². The zero-order valence-electron chi connectivity index (χ0n) is 16.8. The Morgan fingerprint density at radius 3 is 2.77 bits per heavy atom. The summed E-state index contributed by atoms with van der Waals surface area (Å²) in [5.41, 5.74) is 5.61. The Bertz CT molecular complexity index is 1290. The van der Waals surface area contributed by atoms with Gasteiger partial charge in [0.25, 0.3) is 0 Å². The predicted molar refractivity (Wildman–Crippen MR) is 126 cm³/mol. The van der Waals surface area contributed by atoms with Crippen LogP contribution in [0, 0.1) is 0 Å². The summed E-state index contributed by atoms with van der Waals surface area (Å²) in [6.07, 6.45) is 4.73. The quantitative estimate of drug-likeness (QED) is 0.283. The molecule has 0 unspecified atom stereocenters. The molecule has 0 radical (unpaired) electrons. The number of fused-ring (bicyclic) bond motifs is 2. The molecule has 30 heavy (non-hydrogen) atoms. The van der Waals surface area contributed by atoms with E-state index >= 15 is 0 Å². The van der Waals surface area contributed by atoms with Crippen LogP contribution >= 0.6 is 11.3 Å². The van der Waals surface area contributed by atoms with Crippen molar-refractivity contribution in [3.8, 4) is 10.4 Å². The topological polar surface area (TPSA) is 65.6 Å². The molecule has 6 heteroatoms. The largest absolute Gasteiger partial charge is 0.361 e. The Morgan fingerprint density at radius 2 is 1.90 bits per heavy atom. The number of rotatable bonds is 7. The number of anilines is 2. The van der Waals surface area contributed by atoms with Crippen LogP contribution in [0.15, 0.2) is 67.1 Å². The molecule has 5 rings (SSSR count). The first-order valence-corrected chi connectivity index (χ1v) is 11.0. The summed E-state index contributed by atoms with van der Waals surface area (Å²) in [6.45, 7) is 4.14. The Balaban J connectivity index is 1.42. The highest BCUT2D eigenvalue weighted by Gasteiger charge is 2.11. The fraction of sp³-hybridized carbons (Fsp3) is 0.167. The first kappa shape index (κ1) is 18.8. The summed E-state index contributed by atoms with van der Waals surface area (Å²) in [4.78, 5) is 13.4. The number of hydrogen-bond donors (Lipinski definition) is 3. The van der Waals surface area contributed by atoms with E-state index in [1.807, 2.05) is 6.20 Å². The first-order valence-electron chi connectivity index (χ1n) is 10.2. The highest BCUT2D eigenvalue weighted by Crippen LogP contribution is 2.36. The molecule has 0 spiro atoms. The molecule has 0 amide bonds. The molecule has 0 aliphatic rings. The lowest BCUT2D eigenvalue weighted by Crippen LogP contribution is -2.13. The highest BCUT2D eigenvalue weighted by atomic mass is 32.1. The summed E-state index contributed by atoms with van der Waals surface area (Å²) in [6, 6.07) is 19.2. The van der Waals surface area contributed by atoms with E-state index in [1.54, 1.807) is 17.7 Å². The third kappa shape index (κ3) is 3.79. The minimum absolute atomic E-state index is 0.839. The number of nitrogens with one attached hydrogen (secondary N) is 3. The highest BCUT2D eigenvalue weighted by molar-refractivity contribution is 7.22. The second kappa shape index (κ2) is 8.26. The van der Waals surface area contributed by atoms with Crippen LogP contribution in [0.2, 0.25) is 0 Å². The number of aromatic amines is 1. The van der Waals surface area contributed by atoms with Crippen LogP contribution in [-0.4, -0.2) is 21.5 Å². The van der Waals surface area contributed by atoms with Crippen LogP contribution in [-0.2, 0) is 6.54 Å². The minimum Gasteiger partial charge on any atom is -0.361 e. The number of aromatic nitrogens is 3. The van der Waals surface area contributed by atoms with Crippen molar-refractivity contribution in [3.05, 3.63) is 72.7 Å². The molecule has 0 saturated heterocycles. The molecular weight excluding hydrogens is 390 g/mol. The van der Waals surface area contributed by atoms with Gasteiger partial charge in [-0.2, -0.15) is 0 Å². The summed E-state index contributed by atoms with van der Waals surface area (Å²) in [5.74, 6) is 0.839. The number of nitrogens with zero attached hydrogens (tertiary/aromatic N) is 2. The molecule has 3 aromatic heterocycles. The van der Waals surface area contributed by atoms with E-state index in [4.69, 9.17) is 0 Å². The fourth-order valence-electron chi connectivity index (χ4n) is 3.55. The Morgan fingerprint density at radius 1 is 1.00 bits per heavy atom. The fourth-order valence-corrected chi connectivity index (χ4v) is 4.61. The maximum Gasteiger partial charge on any atom is 0.151 e. The average Bonchev–Trinajstić information content (AvgIpc) is 3.41. The molecule has 0 bridgehead atoms. The summed E-state index contributed by atoms with van der Waals surface area (Å²) in [7, 11) is 0. The van der Waals surface area contributed by atoms with Crippen molar-refractivity contribution >= 4 is 44.0 Å². The number of hydrogen-bond acceptors (Lipinski definition) is 5. The lowest BCUT2D eigenvalue weighted by atomic mass is 10.1. The third-order valence-electron chi connectivity index (χ3n) is 5.12. The van der Waals surface area contributed by atoms with E-state index in [2.05, 4.69) is 87.1 Å². The maximum atomic E-state index is 4.50. The van der Waals surface area contributed by atoms with Gasteiger partial charge in [0, 0.05) is 34.2 Å². The van der Waals surface area contributed by atoms with Crippen LogP contribution < -0.4 is 10.6 Å². The molecule has 0 aliphatic heterocycles. The van der Waals surface area contributed by atoms with Gasteiger partial charge >= 0.3 is 0 Å². The van der Waals surface area contributed by atoms with Crippen molar-refractivity contribution in [2.45, 2.75) is 19.9 Å². The van der Waals surface area contributed by atoms with Crippen LogP contribution in [0.3, 0.4) is 0 Å². The van der Waals surface area contributed by atoms with Gasteiger partial charge in [0.05, 0.1) is 10.2 Å². The summed E-state index contributed by atoms with van der Waals surface area (Å²) < 4.78 is 1.07. The van der Waals surface area contributed by atoms with Crippen molar-refractivity contribution < 1.29 is 0 Å². The second-order valence-corrected chi connectivity index (χ2v) is 8.38. The van der Waals surface area contributed by atoms with E-state index < -0.39 is 0 Å².